The predicted octanol–water partition coefficient (Wildman–Crippen LogP) is 2.52. The van der Waals surface area contributed by atoms with E-state index in [4.69, 9.17) is 5.73 Å². The molecule has 2 heteroatoms. The van der Waals surface area contributed by atoms with E-state index < -0.39 is 0 Å². The van der Waals surface area contributed by atoms with Gasteiger partial charge in [0.25, 0.3) is 0 Å². The molecular formula is C14H20N2. The van der Waals surface area contributed by atoms with E-state index >= 15 is 0 Å². The van der Waals surface area contributed by atoms with E-state index in [1.807, 2.05) is 0 Å². The zero-order valence-corrected chi connectivity index (χ0v) is 10.00. The molecule has 0 radical (unpaired) electrons. The van der Waals surface area contributed by atoms with Crippen LogP contribution in [0, 0.1) is 0 Å². The van der Waals surface area contributed by atoms with Crippen molar-refractivity contribution in [1.29, 1.82) is 0 Å². The van der Waals surface area contributed by atoms with Gasteiger partial charge in [0.15, 0.2) is 0 Å². The molecule has 2 N–H and O–H groups in total. The molecule has 0 atom stereocenters. The van der Waals surface area contributed by atoms with E-state index in [1.165, 1.54) is 31.4 Å². The third-order valence-electron chi connectivity index (χ3n) is 3.94. The first kappa shape index (κ1) is 10.2. The standard InChI is InChI=1S/C14H20N2/c1-2-16-6-5-13-11(9-16)7-12(15)8-14(13)10-3-4-10/h7-8,10H,2-6,9,15H2,1H3. The van der Waals surface area contributed by atoms with Crippen LogP contribution in [0.15, 0.2) is 12.1 Å². The van der Waals surface area contributed by atoms with Crippen LogP contribution in [0.1, 0.15) is 42.4 Å². The molecule has 0 spiro atoms. The molecule has 1 aliphatic heterocycles. The molecule has 1 heterocycles. The monoisotopic (exact) mass is 216 g/mol. The number of likely N-dealkylation sites (N-methyl/N-ethyl adjacent to an activating group) is 1. The summed E-state index contributed by atoms with van der Waals surface area (Å²) in [5.41, 5.74) is 11.6. The van der Waals surface area contributed by atoms with Crippen molar-refractivity contribution in [3.8, 4) is 0 Å². The van der Waals surface area contributed by atoms with Crippen molar-refractivity contribution in [1.82, 2.24) is 4.90 Å². The van der Waals surface area contributed by atoms with E-state index in [0.29, 0.717) is 0 Å². The van der Waals surface area contributed by atoms with Crippen molar-refractivity contribution >= 4 is 5.69 Å². The molecule has 0 saturated heterocycles. The summed E-state index contributed by atoms with van der Waals surface area (Å²) in [6, 6.07) is 4.40. The first-order valence-corrected chi connectivity index (χ1v) is 6.41. The van der Waals surface area contributed by atoms with Gasteiger partial charge in [0.05, 0.1) is 0 Å². The van der Waals surface area contributed by atoms with Gasteiger partial charge in [-0.15, -0.1) is 0 Å². The number of fused-ring (bicyclic) bond motifs is 1. The number of hydrogen-bond donors (Lipinski definition) is 1. The zero-order valence-electron chi connectivity index (χ0n) is 10.00. The van der Waals surface area contributed by atoms with Crippen LogP contribution in [-0.4, -0.2) is 18.0 Å². The van der Waals surface area contributed by atoms with Crippen molar-refractivity contribution in [3.05, 3.63) is 28.8 Å². The highest BCUT2D eigenvalue weighted by atomic mass is 15.1. The Bertz CT molecular complexity index is 407. The molecule has 86 valence electrons. The van der Waals surface area contributed by atoms with E-state index in [-0.39, 0.29) is 0 Å². The fraction of sp³-hybridized carbons (Fsp3) is 0.571. The minimum absolute atomic E-state index is 0.824. The van der Waals surface area contributed by atoms with Crippen molar-refractivity contribution < 1.29 is 0 Å². The number of rotatable bonds is 2. The lowest BCUT2D eigenvalue weighted by molar-refractivity contribution is 0.267. The molecule has 0 bridgehead atoms. The molecule has 2 nitrogen and oxygen atoms in total. The molecule has 1 saturated carbocycles. The van der Waals surface area contributed by atoms with Gasteiger partial charge in [0, 0.05) is 18.8 Å². The maximum atomic E-state index is 6.02. The van der Waals surface area contributed by atoms with Crippen LogP contribution in [-0.2, 0) is 13.0 Å². The van der Waals surface area contributed by atoms with E-state index in [0.717, 1.165) is 24.7 Å². The third-order valence-corrected chi connectivity index (χ3v) is 3.94. The van der Waals surface area contributed by atoms with E-state index in [1.54, 1.807) is 11.1 Å². The highest BCUT2D eigenvalue weighted by Gasteiger charge is 2.29. The Morgan fingerprint density at radius 2 is 2.19 bits per heavy atom. The fourth-order valence-corrected chi connectivity index (χ4v) is 2.85. The van der Waals surface area contributed by atoms with Crippen molar-refractivity contribution in [3.63, 3.8) is 0 Å². The summed E-state index contributed by atoms with van der Waals surface area (Å²) in [4.78, 5) is 2.50. The summed E-state index contributed by atoms with van der Waals surface area (Å²) in [6.07, 6.45) is 3.95. The summed E-state index contributed by atoms with van der Waals surface area (Å²) < 4.78 is 0. The maximum absolute atomic E-state index is 6.02. The Morgan fingerprint density at radius 3 is 2.88 bits per heavy atom. The van der Waals surface area contributed by atoms with Crippen LogP contribution in [0.2, 0.25) is 0 Å². The topological polar surface area (TPSA) is 29.3 Å². The number of anilines is 1. The highest BCUT2D eigenvalue weighted by molar-refractivity contribution is 5.52. The molecule has 1 aliphatic carbocycles. The Labute approximate surface area is 97.4 Å². The summed E-state index contributed by atoms with van der Waals surface area (Å²) in [5, 5.41) is 0. The molecule has 1 fully saturated rings. The molecule has 3 rings (SSSR count). The number of nitrogen functional groups attached to an aromatic ring is 1. The Kier molecular flexibility index (Phi) is 2.40. The number of hydrogen-bond acceptors (Lipinski definition) is 2. The van der Waals surface area contributed by atoms with Crippen LogP contribution in [0.3, 0.4) is 0 Å². The number of nitrogens with two attached hydrogens (primary N) is 1. The lowest BCUT2D eigenvalue weighted by Gasteiger charge is -2.29. The van der Waals surface area contributed by atoms with Gasteiger partial charge >= 0.3 is 0 Å². The molecule has 0 amide bonds. The van der Waals surface area contributed by atoms with Crippen molar-refractivity contribution in [2.24, 2.45) is 0 Å². The third kappa shape index (κ3) is 1.71. The molecule has 1 aromatic rings. The average Bonchev–Trinajstić information content (AvgIpc) is 3.10. The molecule has 16 heavy (non-hydrogen) atoms. The van der Waals surface area contributed by atoms with Crippen LogP contribution in [0.4, 0.5) is 5.69 Å². The van der Waals surface area contributed by atoms with Gasteiger partial charge in [-0.2, -0.15) is 0 Å². The van der Waals surface area contributed by atoms with Gasteiger partial charge in [0.2, 0.25) is 0 Å². The number of benzene rings is 1. The quantitative estimate of drug-likeness (QED) is 0.770. The molecule has 2 aliphatic rings. The average molecular weight is 216 g/mol. The maximum Gasteiger partial charge on any atom is 0.0320 e. The van der Waals surface area contributed by atoms with E-state index in [2.05, 4.69) is 24.0 Å². The van der Waals surface area contributed by atoms with Gasteiger partial charge in [-0.1, -0.05) is 6.92 Å². The van der Waals surface area contributed by atoms with Gasteiger partial charge < -0.3 is 5.73 Å². The summed E-state index contributed by atoms with van der Waals surface area (Å²) in [5.74, 6) is 0.824. The Hall–Kier alpha value is -1.02. The second-order valence-electron chi connectivity index (χ2n) is 5.14. The molecular weight excluding hydrogens is 196 g/mol. The van der Waals surface area contributed by atoms with Crippen LogP contribution < -0.4 is 5.73 Å². The van der Waals surface area contributed by atoms with Gasteiger partial charge in [-0.25, -0.2) is 0 Å². The molecule has 0 unspecified atom stereocenters. The van der Waals surface area contributed by atoms with Crippen molar-refractivity contribution in [2.45, 2.75) is 38.6 Å². The summed E-state index contributed by atoms with van der Waals surface area (Å²) in [7, 11) is 0. The smallest absolute Gasteiger partial charge is 0.0320 e. The fourth-order valence-electron chi connectivity index (χ4n) is 2.85. The Morgan fingerprint density at radius 1 is 1.38 bits per heavy atom. The first-order valence-electron chi connectivity index (χ1n) is 6.41. The van der Waals surface area contributed by atoms with Gasteiger partial charge in [-0.3, -0.25) is 4.90 Å². The largest absolute Gasteiger partial charge is 0.399 e. The molecule has 1 aromatic carbocycles. The van der Waals surface area contributed by atoms with Gasteiger partial charge in [0.1, 0.15) is 0 Å². The minimum Gasteiger partial charge on any atom is -0.399 e. The van der Waals surface area contributed by atoms with Crippen LogP contribution >= 0.6 is 0 Å². The van der Waals surface area contributed by atoms with Crippen molar-refractivity contribution in [2.75, 3.05) is 18.8 Å². The Balaban J connectivity index is 2.00. The summed E-state index contributed by atoms with van der Waals surface area (Å²) in [6.45, 7) is 5.69. The second-order valence-corrected chi connectivity index (χ2v) is 5.14. The summed E-state index contributed by atoms with van der Waals surface area (Å²) >= 11 is 0. The normalized spacial score (nSPS) is 20.8. The van der Waals surface area contributed by atoms with Crippen LogP contribution in [0.5, 0.6) is 0 Å². The predicted molar refractivity (Wildman–Crippen MR) is 67.5 cm³/mol. The SMILES string of the molecule is CCN1CCc2c(cc(N)cc2C2CC2)C1. The number of nitrogens with zero attached hydrogens (tertiary/aromatic N) is 1. The lowest BCUT2D eigenvalue weighted by atomic mass is 9.91. The molecule has 0 aromatic heterocycles. The zero-order chi connectivity index (χ0) is 11.1. The van der Waals surface area contributed by atoms with Gasteiger partial charge in [-0.05, 0) is 60.5 Å². The van der Waals surface area contributed by atoms with E-state index in [9.17, 15) is 0 Å². The second kappa shape index (κ2) is 3.77. The first-order chi connectivity index (χ1) is 7.78. The highest BCUT2D eigenvalue weighted by Crippen LogP contribution is 2.44. The lowest BCUT2D eigenvalue weighted by Crippen LogP contribution is -2.30. The minimum atomic E-state index is 0.824. The van der Waals surface area contributed by atoms with Crippen LogP contribution in [0.25, 0.3) is 0 Å².